The third kappa shape index (κ3) is 7.35. The molecule has 0 aliphatic heterocycles. The highest BCUT2D eigenvalue weighted by Gasteiger charge is 2.21. The van der Waals surface area contributed by atoms with Gasteiger partial charge in [-0.3, -0.25) is 19.7 Å². The number of rotatable bonds is 9. The van der Waals surface area contributed by atoms with Crippen LogP contribution in [0, 0.1) is 10.1 Å². The van der Waals surface area contributed by atoms with Crippen molar-refractivity contribution in [1.82, 2.24) is 9.97 Å². The molecule has 0 unspecified atom stereocenters. The number of hydrogen-bond acceptors (Lipinski definition) is 9. The molecule has 0 spiro atoms. The largest absolute Gasteiger partial charge is 0.388 e. The monoisotopic (exact) mass is 527 g/mol. The molecule has 0 fully saturated rings. The number of ketones is 1. The number of nitrogens with zero attached hydrogens (tertiary/aromatic N) is 3. The van der Waals surface area contributed by atoms with Crippen LogP contribution in [0.15, 0.2) is 79.0 Å². The van der Waals surface area contributed by atoms with Gasteiger partial charge in [0, 0.05) is 42.2 Å². The van der Waals surface area contributed by atoms with Crippen LogP contribution in [0.25, 0.3) is 0 Å². The number of hydrogen-bond donors (Lipinski definition) is 4. The summed E-state index contributed by atoms with van der Waals surface area (Å²) in [6.07, 6.45) is 1.09. The Labute approximate surface area is 225 Å². The fraction of sp³-hybridized carbons (Fsp3) is 0.143. The molecule has 0 saturated carbocycles. The van der Waals surface area contributed by atoms with E-state index in [9.17, 15) is 19.7 Å². The van der Waals surface area contributed by atoms with E-state index in [1.54, 1.807) is 73.8 Å². The Kier molecular flexibility index (Phi) is 9.63. The molecule has 0 radical (unpaired) electrons. The minimum absolute atomic E-state index is 0.0864. The summed E-state index contributed by atoms with van der Waals surface area (Å²) in [6.45, 7) is 5.41. The number of carbonyl (C=O) groups is 2. The summed E-state index contributed by atoms with van der Waals surface area (Å²) >= 11 is 0. The van der Waals surface area contributed by atoms with E-state index >= 15 is 0 Å². The first-order valence-corrected chi connectivity index (χ1v) is 12.2. The first kappa shape index (κ1) is 28.3. The van der Waals surface area contributed by atoms with Crippen LogP contribution in [0.4, 0.5) is 40.2 Å². The van der Waals surface area contributed by atoms with E-state index in [1.807, 2.05) is 19.9 Å². The van der Waals surface area contributed by atoms with Crippen molar-refractivity contribution >= 4 is 51.9 Å². The van der Waals surface area contributed by atoms with Gasteiger partial charge in [-0.25, -0.2) is 4.98 Å². The Morgan fingerprint density at radius 1 is 0.872 bits per heavy atom. The standard InChI is InChI=1S/C26H23N7O4.C2H6/c1-16(34)29-18-8-10-19(11-9-18)30-26-28-15-23(33(36)37)25(32-26)31-22-13-12-20(27-2)14-21(22)24(35)17-6-4-3-5-7-17;1-2/h3-15,27H,1-2H3,(H,29,34)(H2,28,30,31,32);1-2H3. The molecular weight excluding hydrogens is 498 g/mol. The summed E-state index contributed by atoms with van der Waals surface area (Å²) in [7, 11) is 1.73. The smallest absolute Gasteiger partial charge is 0.329 e. The van der Waals surface area contributed by atoms with Gasteiger partial charge in [-0.15, -0.1) is 0 Å². The van der Waals surface area contributed by atoms with Crippen LogP contribution >= 0.6 is 0 Å². The lowest BCUT2D eigenvalue weighted by Crippen LogP contribution is -2.09. The number of nitro groups is 1. The van der Waals surface area contributed by atoms with Gasteiger partial charge in [0.1, 0.15) is 6.20 Å². The highest BCUT2D eigenvalue weighted by molar-refractivity contribution is 6.13. The quantitative estimate of drug-likeness (QED) is 0.114. The summed E-state index contributed by atoms with van der Waals surface area (Å²) in [5, 5.41) is 23.3. The van der Waals surface area contributed by atoms with Gasteiger partial charge in [-0.2, -0.15) is 4.98 Å². The molecule has 4 N–H and O–H groups in total. The molecule has 4 aromatic rings. The van der Waals surface area contributed by atoms with Crippen molar-refractivity contribution in [3.8, 4) is 0 Å². The van der Waals surface area contributed by atoms with Crippen molar-refractivity contribution < 1.29 is 14.5 Å². The van der Waals surface area contributed by atoms with Gasteiger partial charge >= 0.3 is 5.69 Å². The zero-order valence-corrected chi connectivity index (χ0v) is 22.0. The molecule has 0 atom stereocenters. The Morgan fingerprint density at radius 2 is 1.51 bits per heavy atom. The average Bonchev–Trinajstić information content (AvgIpc) is 2.95. The molecular formula is C28H29N7O4. The summed E-state index contributed by atoms with van der Waals surface area (Å²) in [5.41, 5.74) is 2.70. The van der Waals surface area contributed by atoms with Crippen molar-refractivity contribution in [3.63, 3.8) is 0 Å². The lowest BCUT2D eigenvalue weighted by atomic mass is 10.0. The van der Waals surface area contributed by atoms with Crippen LogP contribution in [0.3, 0.4) is 0 Å². The summed E-state index contributed by atoms with van der Waals surface area (Å²) in [6, 6.07) is 20.6. The van der Waals surface area contributed by atoms with Gasteiger partial charge in [-0.05, 0) is 42.5 Å². The molecule has 0 saturated heterocycles. The second kappa shape index (κ2) is 13.3. The van der Waals surface area contributed by atoms with Gasteiger partial charge in [0.25, 0.3) is 0 Å². The topological polar surface area (TPSA) is 151 Å². The van der Waals surface area contributed by atoms with E-state index in [2.05, 4.69) is 31.2 Å². The maximum absolute atomic E-state index is 13.3. The number of amides is 1. The van der Waals surface area contributed by atoms with Crippen LogP contribution in [-0.2, 0) is 4.79 Å². The van der Waals surface area contributed by atoms with E-state index < -0.39 is 4.92 Å². The van der Waals surface area contributed by atoms with E-state index in [4.69, 9.17) is 0 Å². The molecule has 0 bridgehead atoms. The van der Waals surface area contributed by atoms with Gasteiger partial charge in [0.2, 0.25) is 17.7 Å². The summed E-state index contributed by atoms with van der Waals surface area (Å²) < 4.78 is 0. The Bertz CT molecular complexity index is 1460. The lowest BCUT2D eigenvalue weighted by molar-refractivity contribution is -0.384. The highest BCUT2D eigenvalue weighted by Crippen LogP contribution is 2.31. The molecule has 39 heavy (non-hydrogen) atoms. The van der Waals surface area contributed by atoms with Crippen LogP contribution < -0.4 is 21.3 Å². The van der Waals surface area contributed by atoms with Crippen molar-refractivity contribution in [2.45, 2.75) is 20.8 Å². The van der Waals surface area contributed by atoms with Crippen molar-refractivity contribution in [2.24, 2.45) is 0 Å². The SMILES string of the molecule is CC.CNc1ccc(Nc2nc(Nc3ccc(NC(C)=O)cc3)ncc2[N+](=O)[O-])c(C(=O)c2ccccc2)c1. The zero-order chi connectivity index (χ0) is 28.4. The second-order valence-corrected chi connectivity index (χ2v) is 7.90. The number of benzene rings is 3. The first-order valence-electron chi connectivity index (χ1n) is 12.2. The Hall–Kier alpha value is -5.32. The molecule has 4 rings (SSSR count). The molecule has 1 amide bonds. The predicted molar refractivity (Wildman–Crippen MR) is 153 cm³/mol. The van der Waals surface area contributed by atoms with E-state index in [0.717, 1.165) is 6.20 Å². The van der Waals surface area contributed by atoms with Crippen LogP contribution in [0.5, 0.6) is 0 Å². The zero-order valence-electron chi connectivity index (χ0n) is 22.0. The summed E-state index contributed by atoms with van der Waals surface area (Å²) in [4.78, 5) is 43.9. The minimum Gasteiger partial charge on any atom is -0.388 e. The molecule has 11 nitrogen and oxygen atoms in total. The number of anilines is 6. The van der Waals surface area contributed by atoms with Crippen molar-refractivity contribution in [2.75, 3.05) is 28.3 Å². The van der Waals surface area contributed by atoms with E-state index in [0.29, 0.717) is 33.9 Å². The van der Waals surface area contributed by atoms with E-state index in [-0.39, 0.29) is 29.1 Å². The number of aromatic nitrogens is 2. The van der Waals surface area contributed by atoms with Crippen LogP contribution in [0.2, 0.25) is 0 Å². The molecule has 0 aliphatic carbocycles. The maximum atomic E-state index is 13.3. The average molecular weight is 528 g/mol. The third-order valence-electron chi connectivity index (χ3n) is 5.27. The number of carbonyl (C=O) groups excluding carboxylic acids is 2. The van der Waals surface area contributed by atoms with E-state index in [1.165, 1.54) is 6.92 Å². The van der Waals surface area contributed by atoms with Crippen LogP contribution in [-0.4, -0.2) is 33.6 Å². The van der Waals surface area contributed by atoms with Gasteiger partial charge in [0.15, 0.2) is 5.78 Å². The van der Waals surface area contributed by atoms with Crippen LogP contribution in [0.1, 0.15) is 36.7 Å². The molecule has 11 heteroatoms. The second-order valence-electron chi connectivity index (χ2n) is 7.90. The maximum Gasteiger partial charge on any atom is 0.329 e. The fourth-order valence-corrected chi connectivity index (χ4v) is 3.50. The van der Waals surface area contributed by atoms with Crippen molar-refractivity contribution in [1.29, 1.82) is 0 Å². The molecule has 1 heterocycles. The third-order valence-corrected chi connectivity index (χ3v) is 5.27. The minimum atomic E-state index is -0.602. The first-order chi connectivity index (χ1) is 18.8. The van der Waals surface area contributed by atoms with Gasteiger partial charge < -0.3 is 21.3 Å². The van der Waals surface area contributed by atoms with Gasteiger partial charge in [-0.1, -0.05) is 44.2 Å². The number of nitrogens with one attached hydrogen (secondary N) is 4. The van der Waals surface area contributed by atoms with Crippen molar-refractivity contribution in [3.05, 3.63) is 100 Å². The highest BCUT2D eigenvalue weighted by atomic mass is 16.6. The summed E-state index contributed by atoms with van der Waals surface area (Å²) in [5.74, 6) is -0.433. The predicted octanol–water partition coefficient (Wildman–Crippen LogP) is 6.13. The lowest BCUT2D eigenvalue weighted by Gasteiger charge is -2.14. The molecule has 200 valence electrons. The molecule has 0 aliphatic rings. The normalized spacial score (nSPS) is 9.95. The Morgan fingerprint density at radius 3 is 2.13 bits per heavy atom. The fourth-order valence-electron chi connectivity index (χ4n) is 3.50. The molecule has 3 aromatic carbocycles. The Balaban J connectivity index is 0.00000205. The molecule has 1 aromatic heterocycles. The van der Waals surface area contributed by atoms with Gasteiger partial charge in [0.05, 0.1) is 10.6 Å².